The van der Waals surface area contributed by atoms with Crippen LogP contribution in [-0.4, -0.2) is 17.4 Å². The SMILES string of the molecule is O=C(O)Cc1cccc2ccc(OC(F)(F)F)cc12. The minimum atomic E-state index is -4.77. The summed E-state index contributed by atoms with van der Waals surface area (Å²) in [6, 6.07) is 8.76. The molecule has 0 amide bonds. The Bertz CT molecular complexity index is 620. The van der Waals surface area contributed by atoms with Crippen molar-refractivity contribution in [1.29, 1.82) is 0 Å². The quantitative estimate of drug-likeness (QED) is 0.930. The molecule has 0 saturated carbocycles. The van der Waals surface area contributed by atoms with Crippen LogP contribution in [0.4, 0.5) is 13.2 Å². The van der Waals surface area contributed by atoms with Crippen molar-refractivity contribution in [2.75, 3.05) is 0 Å². The van der Waals surface area contributed by atoms with E-state index < -0.39 is 12.3 Å². The molecule has 2 rings (SSSR count). The fourth-order valence-corrected chi connectivity index (χ4v) is 1.83. The summed E-state index contributed by atoms with van der Waals surface area (Å²) >= 11 is 0. The molecule has 0 bridgehead atoms. The maximum Gasteiger partial charge on any atom is 0.573 e. The molecular formula is C13H9F3O3. The average molecular weight is 270 g/mol. The Labute approximate surface area is 106 Å². The van der Waals surface area contributed by atoms with Crippen LogP contribution in [0.15, 0.2) is 36.4 Å². The molecule has 0 saturated heterocycles. The van der Waals surface area contributed by atoms with E-state index in [1.165, 1.54) is 18.2 Å². The molecule has 0 aliphatic rings. The summed E-state index contributed by atoms with van der Waals surface area (Å²) in [6.07, 6.45) is -5.03. The van der Waals surface area contributed by atoms with Crippen LogP contribution in [0.3, 0.4) is 0 Å². The van der Waals surface area contributed by atoms with Crippen LogP contribution >= 0.6 is 0 Å². The molecule has 1 N–H and O–H groups in total. The summed E-state index contributed by atoms with van der Waals surface area (Å²) in [6.45, 7) is 0. The lowest BCUT2D eigenvalue weighted by molar-refractivity contribution is -0.274. The van der Waals surface area contributed by atoms with Crippen LogP contribution in [0, 0.1) is 0 Å². The van der Waals surface area contributed by atoms with E-state index in [2.05, 4.69) is 4.74 Å². The molecule has 100 valence electrons. The van der Waals surface area contributed by atoms with Gasteiger partial charge in [-0.25, -0.2) is 0 Å². The lowest BCUT2D eigenvalue weighted by Crippen LogP contribution is -2.17. The summed E-state index contributed by atoms with van der Waals surface area (Å²) in [5, 5.41) is 9.87. The molecule has 0 radical (unpaired) electrons. The Morgan fingerprint density at radius 2 is 1.95 bits per heavy atom. The molecule has 0 aliphatic heterocycles. The number of ether oxygens (including phenoxy) is 1. The van der Waals surface area contributed by atoms with Crippen molar-refractivity contribution in [1.82, 2.24) is 0 Å². The van der Waals surface area contributed by atoms with Gasteiger partial charge in [-0.1, -0.05) is 24.3 Å². The highest BCUT2D eigenvalue weighted by Crippen LogP contribution is 2.28. The number of alkyl halides is 3. The van der Waals surface area contributed by atoms with Gasteiger partial charge in [0.1, 0.15) is 5.75 Å². The zero-order chi connectivity index (χ0) is 14.0. The summed E-state index contributed by atoms with van der Waals surface area (Å²) < 4.78 is 40.2. The van der Waals surface area contributed by atoms with E-state index >= 15 is 0 Å². The standard InChI is InChI=1S/C13H9F3O3/c14-13(15,16)19-10-5-4-8-2-1-3-9(6-12(17)18)11(8)7-10/h1-5,7H,6H2,(H,17,18). The molecule has 2 aromatic carbocycles. The Kier molecular flexibility index (Phi) is 3.33. The van der Waals surface area contributed by atoms with Crippen LogP contribution in [0.25, 0.3) is 10.8 Å². The molecule has 0 aliphatic carbocycles. The summed E-state index contributed by atoms with van der Waals surface area (Å²) in [5.41, 5.74) is 0.442. The molecule has 0 aromatic heterocycles. The second kappa shape index (κ2) is 4.79. The van der Waals surface area contributed by atoms with Gasteiger partial charge in [0.25, 0.3) is 0 Å². The van der Waals surface area contributed by atoms with Crippen molar-refractivity contribution < 1.29 is 27.8 Å². The van der Waals surface area contributed by atoms with Crippen LogP contribution in [0.5, 0.6) is 5.75 Å². The van der Waals surface area contributed by atoms with Gasteiger partial charge >= 0.3 is 12.3 Å². The predicted octanol–water partition coefficient (Wildman–Crippen LogP) is 3.37. The number of hydrogen-bond acceptors (Lipinski definition) is 2. The number of rotatable bonds is 3. The van der Waals surface area contributed by atoms with Gasteiger partial charge in [-0.2, -0.15) is 0 Å². The van der Waals surface area contributed by atoms with E-state index in [4.69, 9.17) is 5.11 Å². The molecule has 0 atom stereocenters. The van der Waals surface area contributed by atoms with Crippen molar-refractivity contribution in [2.24, 2.45) is 0 Å². The first kappa shape index (κ1) is 13.2. The predicted molar refractivity (Wildman–Crippen MR) is 62.0 cm³/mol. The van der Waals surface area contributed by atoms with Gasteiger partial charge in [-0.15, -0.1) is 13.2 Å². The van der Waals surface area contributed by atoms with Gasteiger partial charge in [0.15, 0.2) is 0 Å². The van der Waals surface area contributed by atoms with Gasteiger partial charge in [-0.3, -0.25) is 4.79 Å². The van der Waals surface area contributed by atoms with Crippen LogP contribution in [-0.2, 0) is 11.2 Å². The first-order valence-corrected chi connectivity index (χ1v) is 5.34. The number of carboxylic acid groups (broad SMARTS) is 1. The highest BCUT2D eigenvalue weighted by atomic mass is 19.4. The fourth-order valence-electron chi connectivity index (χ4n) is 1.83. The molecule has 0 unspecified atom stereocenters. The third-order valence-corrected chi connectivity index (χ3v) is 2.52. The monoisotopic (exact) mass is 270 g/mol. The van der Waals surface area contributed by atoms with Crippen LogP contribution in [0.2, 0.25) is 0 Å². The molecule has 6 heteroatoms. The van der Waals surface area contributed by atoms with Gasteiger partial charge < -0.3 is 9.84 Å². The minimum Gasteiger partial charge on any atom is -0.481 e. The third kappa shape index (κ3) is 3.37. The highest BCUT2D eigenvalue weighted by Gasteiger charge is 2.31. The van der Waals surface area contributed by atoms with E-state index in [0.29, 0.717) is 16.3 Å². The minimum absolute atomic E-state index is 0.257. The lowest BCUT2D eigenvalue weighted by atomic mass is 10.0. The molecule has 0 heterocycles. The maximum atomic E-state index is 12.1. The van der Waals surface area contributed by atoms with E-state index in [1.807, 2.05) is 0 Å². The van der Waals surface area contributed by atoms with Crippen molar-refractivity contribution >= 4 is 16.7 Å². The van der Waals surface area contributed by atoms with E-state index in [9.17, 15) is 18.0 Å². The summed E-state index contributed by atoms with van der Waals surface area (Å²) in [5.74, 6) is -1.41. The Balaban J connectivity index is 2.47. The first-order valence-electron chi connectivity index (χ1n) is 5.34. The normalized spacial score (nSPS) is 11.5. The molecule has 19 heavy (non-hydrogen) atoms. The number of carbonyl (C=O) groups is 1. The highest BCUT2D eigenvalue weighted by molar-refractivity contribution is 5.89. The van der Waals surface area contributed by atoms with Crippen molar-refractivity contribution in [2.45, 2.75) is 12.8 Å². The molecule has 3 nitrogen and oxygen atoms in total. The van der Waals surface area contributed by atoms with E-state index in [-0.39, 0.29) is 12.2 Å². The Morgan fingerprint density at radius 3 is 2.58 bits per heavy atom. The largest absolute Gasteiger partial charge is 0.573 e. The van der Waals surface area contributed by atoms with Crippen molar-refractivity contribution in [3.8, 4) is 5.75 Å². The second-order valence-corrected chi connectivity index (χ2v) is 3.92. The smallest absolute Gasteiger partial charge is 0.481 e. The van der Waals surface area contributed by atoms with Crippen molar-refractivity contribution in [3.63, 3.8) is 0 Å². The Hall–Kier alpha value is -2.24. The zero-order valence-corrected chi connectivity index (χ0v) is 9.57. The second-order valence-electron chi connectivity index (χ2n) is 3.92. The number of aliphatic carboxylic acids is 1. The van der Waals surface area contributed by atoms with Crippen molar-refractivity contribution in [3.05, 3.63) is 42.0 Å². The lowest BCUT2D eigenvalue weighted by Gasteiger charge is -2.11. The number of hydrogen-bond donors (Lipinski definition) is 1. The molecule has 0 spiro atoms. The topological polar surface area (TPSA) is 46.5 Å². The number of halogens is 3. The molecule has 0 fully saturated rings. The Morgan fingerprint density at radius 1 is 1.21 bits per heavy atom. The molecule has 2 aromatic rings. The van der Waals surface area contributed by atoms with Crippen LogP contribution in [0.1, 0.15) is 5.56 Å². The average Bonchev–Trinajstić information content (AvgIpc) is 2.27. The number of benzene rings is 2. The number of fused-ring (bicyclic) bond motifs is 1. The van der Waals surface area contributed by atoms with Gasteiger partial charge in [-0.05, 0) is 28.5 Å². The summed E-state index contributed by atoms with van der Waals surface area (Å²) in [7, 11) is 0. The first-order chi connectivity index (χ1) is 8.85. The summed E-state index contributed by atoms with van der Waals surface area (Å²) in [4.78, 5) is 10.7. The van der Waals surface area contributed by atoms with Gasteiger partial charge in [0.05, 0.1) is 6.42 Å². The van der Waals surface area contributed by atoms with Crippen LogP contribution < -0.4 is 4.74 Å². The van der Waals surface area contributed by atoms with E-state index in [0.717, 1.165) is 0 Å². The van der Waals surface area contributed by atoms with Gasteiger partial charge in [0, 0.05) is 0 Å². The fraction of sp³-hybridized carbons (Fsp3) is 0.154. The molecular weight excluding hydrogens is 261 g/mol. The van der Waals surface area contributed by atoms with Gasteiger partial charge in [0.2, 0.25) is 0 Å². The third-order valence-electron chi connectivity index (χ3n) is 2.52. The zero-order valence-electron chi connectivity index (χ0n) is 9.57. The van der Waals surface area contributed by atoms with E-state index in [1.54, 1.807) is 18.2 Å². The number of carboxylic acids is 1. The maximum absolute atomic E-state index is 12.1.